The van der Waals surface area contributed by atoms with Crippen LogP contribution in [0.3, 0.4) is 0 Å². The molecule has 0 spiro atoms. The molecule has 5 nitrogen and oxygen atoms in total. The van der Waals surface area contributed by atoms with Gasteiger partial charge in [0, 0.05) is 12.1 Å². The SMILES string of the molecule is CCCCCCCCCCOc1ccc(C(=O)NCc2ccc(OC)c(OC)c2)cc1. The average Bonchev–Trinajstić information content (AvgIpc) is 2.81. The van der Waals surface area contributed by atoms with Gasteiger partial charge in [-0.05, 0) is 48.4 Å². The molecule has 1 amide bonds. The summed E-state index contributed by atoms with van der Waals surface area (Å²) < 4.78 is 16.3. The van der Waals surface area contributed by atoms with E-state index in [0.29, 0.717) is 23.6 Å². The molecule has 0 aliphatic carbocycles. The average molecular weight is 428 g/mol. The topological polar surface area (TPSA) is 56.8 Å². The lowest BCUT2D eigenvalue weighted by Crippen LogP contribution is -2.22. The third-order valence-corrected chi connectivity index (χ3v) is 5.28. The van der Waals surface area contributed by atoms with Gasteiger partial charge in [-0.1, -0.05) is 57.9 Å². The summed E-state index contributed by atoms with van der Waals surface area (Å²) in [6, 6.07) is 12.9. The van der Waals surface area contributed by atoms with Crippen LogP contribution in [0, 0.1) is 0 Å². The zero-order valence-corrected chi connectivity index (χ0v) is 19.2. The van der Waals surface area contributed by atoms with E-state index in [1.807, 2.05) is 30.3 Å². The van der Waals surface area contributed by atoms with Crippen molar-refractivity contribution in [3.8, 4) is 17.2 Å². The summed E-state index contributed by atoms with van der Waals surface area (Å²) >= 11 is 0. The predicted octanol–water partition coefficient (Wildman–Crippen LogP) is 6.15. The Morgan fingerprint density at radius 3 is 2.10 bits per heavy atom. The van der Waals surface area contributed by atoms with Crippen LogP contribution in [0.15, 0.2) is 42.5 Å². The molecule has 0 atom stereocenters. The Hall–Kier alpha value is -2.69. The Morgan fingerprint density at radius 1 is 0.806 bits per heavy atom. The van der Waals surface area contributed by atoms with Gasteiger partial charge in [0.1, 0.15) is 5.75 Å². The maximum absolute atomic E-state index is 12.4. The van der Waals surface area contributed by atoms with Crippen LogP contribution in [-0.4, -0.2) is 26.7 Å². The first-order valence-corrected chi connectivity index (χ1v) is 11.4. The van der Waals surface area contributed by atoms with Crippen LogP contribution >= 0.6 is 0 Å². The number of carbonyl (C=O) groups is 1. The first kappa shape index (κ1) is 24.6. The number of hydrogen-bond donors (Lipinski definition) is 1. The normalized spacial score (nSPS) is 10.5. The molecule has 0 bridgehead atoms. The highest BCUT2D eigenvalue weighted by Gasteiger charge is 2.08. The summed E-state index contributed by atoms with van der Waals surface area (Å²) in [6.45, 7) is 3.38. The minimum absolute atomic E-state index is 0.121. The monoisotopic (exact) mass is 427 g/mol. The third kappa shape index (κ3) is 8.91. The number of ether oxygens (including phenoxy) is 3. The largest absolute Gasteiger partial charge is 0.494 e. The second-order valence-corrected chi connectivity index (χ2v) is 7.72. The molecule has 0 aliphatic heterocycles. The smallest absolute Gasteiger partial charge is 0.251 e. The highest BCUT2D eigenvalue weighted by Crippen LogP contribution is 2.27. The number of carbonyl (C=O) groups excluding carboxylic acids is 1. The van der Waals surface area contributed by atoms with Gasteiger partial charge in [0.25, 0.3) is 5.91 Å². The Labute approximate surface area is 187 Å². The van der Waals surface area contributed by atoms with Crippen LogP contribution in [0.5, 0.6) is 17.2 Å². The Kier molecular flexibility index (Phi) is 11.4. The fourth-order valence-electron chi connectivity index (χ4n) is 3.40. The number of nitrogens with one attached hydrogen (secondary N) is 1. The molecule has 2 rings (SSSR count). The van der Waals surface area contributed by atoms with E-state index in [1.54, 1.807) is 26.4 Å². The molecule has 0 saturated carbocycles. The number of amides is 1. The summed E-state index contributed by atoms with van der Waals surface area (Å²) in [6.07, 6.45) is 10.3. The van der Waals surface area contributed by atoms with Crippen LogP contribution in [0.4, 0.5) is 0 Å². The molecule has 0 radical (unpaired) electrons. The van der Waals surface area contributed by atoms with E-state index in [0.717, 1.165) is 24.3 Å². The van der Waals surface area contributed by atoms with Gasteiger partial charge in [-0.2, -0.15) is 0 Å². The molecule has 0 heterocycles. The minimum Gasteiger partial charge on any atom is -0.494 e. The second-order valence-electron chi connectivity index (χ2n) is 7.72. The van der Waals surface area contributed by atoms with Crippen LogP contribution in [0.2, 0.25) is 0 Å². The third-order valence-electron chi connectivity index (χ3n) is 5.28. The standard InChI is InChI=1S/C26H37NO4/c1-4-5-6-7-8-9-10-11-18-31-23-15-13-22(14-16-23)26(28)27-20-21-12-17-24(29-2)25(19-21)30-3/h12-17,19H,4-11,18,20H2,1-3H3,(H,27,28). The van der Waals surface area contributed by atoms with Crippen LogP contribution < -0.4 is 19.5 Å². The zero-order valence-electron chi connectivity index (χ0n) is 19.2. The molecule has 1 N–H and O–H groups in total. The lowest BCUT2D eigenvalue weighted by molar-refractivity contribution is 0.0951. The predicted molar refractivity (Wildman–Crippen MR) is 125 cm³/mol. The summed E-state index contributed by atoms with van der Waals surface area (Å²) in [4.78, 5) is 12.4. The van der Waals surface area contributed by atoms with E-state index in [4.69, 9.17) is 14.2 Å². The van der Waals surface area contributed by atoms with Crippen molar-refractivity contribution in [3.63, 3.8) is 0 Å². The van der Waals surface area contributed by atoms with Crippen molar-refractivity contribution in [1.29, 1.82) is 0 Å². The summed E-state index contributed by atoms with van der Waals surface area (Å²) in [5.41, 5.74) is 1.55. The lowest BCUT2D eigenvalue weighted by Gasteiger charge is -2.11. The number of unbranched alkanes of at least 4 members (excludes halogenated alkanes) is 7. The zero-order chi connectivity index (χ0) is 22.3. The first-order valence-electron chi connectivity index (χ1n) is 11.4. The van der Waals surface area contributed by atoms with E-state index in [-0.39, 0.29) is 5.91 Å². The van der Waals surface area contributed by atoms with Crippen molar-refractivity contribution < 1.29 is 19.0 Å². The fourth-order valence-corrected chi connectivity index (χ4v) is 3.40. The van der Waals surface area contributed by atoms with E-state index >= 15 is 0 Å². The van der Waals surface area contributed by atoms with Gasteiger partial charge in [-0.25, -0.2) is 0 Å². The van der Waals surface area contributed by atoms with Crippen molar-refractivity contribution >= 4 is 5.91 Å². The summed E-state index contributed by atoms with van der Waals surface area (Å²) in [5, 5.41) is 2.93. The van der Waals surface area contributed by atoms with Crippen molar-refractivity contribution in [2.45, 2.75) is 64.8 Å². The second kappa shape index (κ2) is 14.3. The minimum atomic E-state index is -0.121. The molecule has 0 fully saturated rings. The molecule has 2 aromatic rings. The Morgan fingerprint density at radius 2 is 1.45 bits per heavy atom. The molecule has 0 aromatic heterocycles. The van der Waals surface area contributed by atoms with Gasteiger partial charge in [0.2, 0.25) is 0 Å². The quantitative estimate of drug-likeness (QED) is 0.346. The molecule has 0 saturated heterocycles. The number of hydrogen-bond acceptors (Lipinski definition) is 4. The van der Waals surface area contributed by atoms with Gasteiger partial charge in [-0.15, -0.1) is 0 Å². The van der Waals surface area contributed by atoms with Crippen LogP contribution in [-0.2, 0) is 6.54 Å². The molecular weight excluding hydrogens is 390 g/mol. The summed E-state index contributed by atoms with van der Waals surface area (Å²) in [5.74, 6) is 2.00. The van der Waals surface area contributed by atoms with E-state index in [9.17, 15) is 4.79 Å². The molecular formula is C26H37NO4. The van der Waals surface area contributed by atoms with Crippen LogP contribution in [0.25, 0.3) is 0 Å². The van der Waals surface area contributed by atoms with Crippen molar-refractivity contribution in [3.05, 3.63) is 53.6 Å². The van der Waals surface area contributed by atoms with Gasteiger partial charge in [0.15, 0.2) is 11.5 Å². The molecule has 5 heteroatoms. The maximum atomic E-state index is 12.4. The number of methoxy groups -OCH3 is 2. The molecule has 2 aromatic carbocycles. The molecule has 170 valence electrons. The first-order chi connectivity index (χ1) is 15.2. The Bertz CT molecular complexity index is 773. The number of benzene rings is 2. The maximum Gasteiger partial charge on any atom is 0.251 e. The molecule has 31 heavy (non-hydrogen) atoms. The highest BCUT2D eigenvalue weighted by atomic mass is 16.5. The van der Waals surface area contributed by atoms with Crippen molar-refractivity contribution in [2.75, 3.05) is 20.8 Å². The number of rotatable bonds is 15. The van der Waals surface area contributed by atoms with Gasteiger partial charge in [0.05, 0.1) is 20.8 Å². The van der Waals surface area contributed by atoms with Gasteiger partial charge < -0.3 is 19.5 Å². The van der Waals surface area contributed by atoms with E-state index < -0.39 is 0 Å². The van der Waals surface area contributed by atoms with E-state index in [2.05, 4.69) is 12.2 Å². The van der Waals surface area contributed by atoms with Gasteiger partial charge in [-0.3, -0.25) is 4.79 Å². The van der Waals surface area contributed by atoms with Gasteiger partial charge >= 0.3 is 0 Å². The summed E-state index contributed by atoms with van der Waals surface area (Å²) in [7, 11) is 3.20. The van der Waals surface area contributed by atoms with Crippen molar-refractivity contribution in [1.82, 2.24) is 5.32 Å². The van der Waals surface area contributed by atoms with E-state index in [1.165, 1.54) is 44.9 Å². The highest BCUT2D eigenvalue weighted by molar-refractivity contribution is 5.94. The fraction of sp³-hybridized carbons (Fsp3) is 0.500. The Balaban J connectivity index is 1.68. The van der Waals surface area contributed by atoms with Crippen molar-refractivity contribution in [2.24, 2.45) is 0 Å². The van der Waals surface area contributed by atoms with Crippen LogP contribution in [0.1, 0.15) is 74.2 Å². The molecule has 0 aliphatic rings. The molecule has 0 unspecified atom stereocenters. The lowest BCUT2D eigenvalue weighted by atomic mass is 10.1.